The van der Waals surface area contributed by atoms with E-state index >= 15 is 0 Å². The second-order valence-electron chi connectivity index (χ2n) is 2.37. The number of carbonyl (C=O) groups is 1. The molecule has 0 heterocycles. The van der Waals surface area contributed by atoms with Gasteiger partial charge in [-0.15, -0.1) is 0 Å². The first-order valence-electron chi connectivity index (χ1n) is 3.30. The zero-order valence-electron chi connectivity index (χ0n) is 6.61. The van der Waals surface area contributed by atoms with Crippen molar-refractivity contribution in [1.82, 2.24) is 0 Å². The molecule has 11 heavy (non-hydrogen) atoms. The van der Waals surface area contributed by atoms with Crippen LogP contribution in [0.15, 0.2) is 0 Å². The largest absolute Gasteiger partial charge is 0.480 e. The minimum absolute atomic E-state index is 0.470. The first kappa shape index (κ1) is 11.1. The highest BCUT2D eigenvalue weighted by Gasteiger charge is 2.11. The van der Waals surface area contributed by atoms with Crippen molar-refractivity contribution in [3.05, 3.63) is 0 Å². The fourth-order valence-corrected chi connectivity index (χ4v) is 2.45. The Morgan fingerprint density at radius 3 is 2.55 bits per heavy atom. The Morgan fingerprint density at radius 1 is 1.64 bits per heavy atom. The number of carboxylic acids is 1. The molecule has 0 aromatic carbocycles. The van der Waals surface area contributed by atoms with Crippen molar-refractivity contribution in [3.8, 4) is 0 Å². The predicted octanol–water partition coefficient (Wildman–Crippen LogP) is 1.19. The predicted molar refractivity (Wildman–Crippen MR) is 50.8 cm³/mol. The van der Waals surface area contributed by atoms with Gasteiger partial charge in [-0.3, -0.25) is 4.79 Å². The number of nitrogens with two attached hydrogens (primary N) is 1. The first-order chi connectivity index (χ1) is 5.04. The van der Waals surface area contributed by atoms with Gasteiger partial charge < -0.3 is 10.8 Å². The molecule has 1 atom stereocenters. The molecule has 0 spiro atoms. The second kappa shape index (κ2) is 5.74. The maximum atomic E-state index is 10.2. The minimum Gasteiger partial charge on any atom is -0.480 e. The van der Waals surface area contributed by atoms with Crippen LogP contribution in [0.2, 0.25) is 0 Å². The lowest BCUT2D eigenvalue weighted by atomic mass is 10.4. The minimum atomic E-state index is -0.929. The SMILES string of the molecule is CC(C)SSC[C@H](N)C(=O)O. The van der Waals surface area contributed by atoms with Crippen molar-refractivity contribution in [3.63, 3.8) is 0 Å². The van der Waals surface area contributed by atoms with E-state index in [-0.39, 0.29) is 0 Å². The Morgan fingerprint density at radius 2 is 2.18 bits per heavy atom. The van der Waals surface area contributed by atoms with E-state index < -0.39 is 12.0 Å². The molecule has 0 aliphatic heterocycles. The summed E-state index contributed by atoms with van der Waals surface area (Å²) in [5, 5.41) is 8.91. The van der Waals surface area contributed by atoms with Gasteiger partial charge in [-0.2, -0.15) is 0 Å². The smallest absolute Gasteiger partial charge is 0.321 e. The van der Waals surface area contributed by atoms with E-state index in [0.29, 0.717) is 11.0 Å². The maximum Gasteiger partial charge on any atom is 0.321 e. The molecule has 0 fully saturated rings. The van der Waals surface area contributed by atoms with Gasteiger partial charge in [0.05, 0.1) is 0 Å². The normalized spacial score (nSPS) is 13.5. The highest BCUT2D eigenvalue weighted by molar-refractivity contribution is 8.76. The van der Waals surface area contributed by atoms with Crippen LogP contribution in [0.4, 0.5) is 0 Å². The van der Waals surface area contributed by atoms with Crippen molar-refractivity contribution >= 4 is 27.6 Å². The molecule has 0 radical (unpaired) electrons. The van der Waals surface area contributed by atoms with Gasteiger partial charge in [0.1, 0.15) is 6.04 Å². The topological polar surface area (TPSA) is 63.3 Å². The Labute approximate surface area is 74.5 Å². The van der Waals surface area contributed by atoms with Crippen LogP contribution in [0.5, 0.6) is 0 Å². The van der Waals surface area contributed by atoms with E-state index in [1.54, 1.807) is 10.8 Å². The van der Waals surface area contributed by atoms with Gasteiger partial charge in [-0.1, -0.05) is 35.4 Å². The standard InChI is InChI=1S/C6H13NO2S2/c1-4(2)11-10-3-5(7)6(8)9/h4-5H,3,7H2,1-2H3,(H,8,9)/t5-/m0/s1. The van der Waals surface area contributed by atoms with E-state index in [1.165, 1.54) is 10.8 Å². The van der Waals surface area contributed by atoms with E-state index in [2.05, 4.69) is 13.8 Å². The van der Waals surface area contributed by atoms with Crippen molar-refractivity contribution < 1.29 is 9.90 Å². The molecule has 0 saturated heterocycles. The summed E-state index contributed by atoms with van der Waals surface area (Å²) in [4.78, 5) is 10.2. The molecule has 0 rings (SSSR count). The maximum absolute atomic E-state index is 10.2. The lowest BCUT2D eigenvalue weighted by Crippen LogP contribution is -2.32. The quantitative estimate of drug-likeness (QED) is 0.645. The molecule has 3 nitrogen and oxygen atoms in total. The summed E-state index contributed by atoms with van der Waals surface area (Å²) in [6, 6.07) is -0.730. The molecular weight excluding hydrogens is 182 g/mol. The fourth-order valence-electron chi connectivity index (χ4n) is 0.320. The summed E-state index contributed by atoms with van der Waals surface area (Å²) in [6.07, 6.45) is 0. The lowest BCUT2D eigenvalue weighted by Gasteiger charge is -2.06. The van der Waals surface area contributed by atoms with Crippen LogP contribution < -0.4 is 5.73 Å². The third-order valence-corrected chi connectivity index (χ3v) is 3.81. The van der Waals surface area contributed by atoms with E-state index in [9.17, 15) is 4.79 Å². The summed E-state index contributed by atoms with van der Waals surface area (Å²) in [5.74, 6) is -0.458. The van der Waals surface area contributed by atoms with Crippen LogP contribution in [-0.2, 0) is 4.79 Å². The van der Waals surface area contributed by atoms with E-state index in [0.717, 1.165) is 0 Å². The molecule has 66 valence electrons. The van der Waals surface area contributed by atoms with Crippen LogP contribution in [0.1, 0.15) is 13.8 Å². The Hall–Kier alpha value is 0.130. The van der Waals surface area contributed by atoms with Crippen LogP contribution in [-0.4, -0.2) is 28.1 Å². The lowest BCUT2D eigenvalue weighted by molar-refractivity contribution is -0.137. The summed E-state index contributed by atoms with van der Waals surface area (Å²) < 4.78 is 0. The van der Waals surface area contributed by atoms with Gasteiger partial charge in [0.25, 0.3) is 0 Å². The van der Waals surface area contributed by atoms with E-state index in [1.807, 2.05) is 0 Å². The van der Waals surface area contributed by atoms with Crippen LogP contribution >= 0.6 is 21.6 Å². The van der Waals surface area contributed by atoms with Gasteiger partial charge in [0.15, 0.2) is 0 Å². The molecule has 0 aromatic rings. The molecule has 5 heteroatoms. The molecule has 0 aromatic heterocycles. The number of rotatable bonds is 5. The molecule has 0 saturated carbocycles. The van der Waals surface area contributed by atoms with Crippen LogP contribution in [0, 0.1) is 0 Å². The monoisotopic (exact) mass is 195 g/mol. The van der Waals surface area contributed by atoms with Crippen molar-refractivity contribution in [2.24, 2.45) is 5.73 Å². The first-order valence-corrected chi connectivity index (χ1v) is 5.69. The summed E-state index contributed by atoms with van der Waals surface area (Å²) in [7, 11) is 3.16. The van der Waals surface area contributed by atoms with Gasteiger partial charge in [-0.25, -0.2) is 0 Å². The van der Waals surface area contributed by atoms with Crippen molar-refractivity contribution in [2.45, 2.75) is 25.1 Å². The zero-order chi connectivity index (χ0) is 8.85. The molecule has 0 bridgehead atoms. The summed E-state index contributed by atoms with van der Waals surface area (Å²) >= 11 is 0. The molecule has 0 aliphatic carbocycles. The van der Waals surface area contributed by atoms with Crippen LogP contribution in [0.3, 0.4) is 0 Å². The van der Waals surface area contributed by atoms with Crippen molar-refractivity contribution in [2.75, 3.05) is 5.75 Å². The number of hydrogen-bond acceptors (Lipinski definition) is 4. The van der Waals surface area contributed by atoms with Gasteiger partial charge >= 0.3 is 5.97 Å². The van der Waals surface area contributed by atoms with Crippen molar-refractivity contribution in [1.29, 1.82) is 0 Å². The number of hydrogen-bond donors (Lipinski definition) is 2. The zero-order valence-corrected chi connectivity index (χ0v) is 8.24. The van der Waals surface area contributed by atoms with Crippen LogP contribution in [0.25, 0.3) is 0 Å². The Balaban J connectivity index is 3.31. The Bertz CT molecular complexity index is 130. The van der Waals surface area contributed by atoms with Gasteiger partial charge in [0.2, 0.25) is 0 Å². The summed E-state index contributed by atoms with van der Waals surface area (Å²) in [6.45, 7) is 4.12. The van der Waals surface area contributed by atoms with Gasteiger partial charge in [0, 0.05) is 11.0 Å². The average Bonchev–Trinajstić information content (AvgIpc) is 1.86. The molecule has 3 N–H and O–H groups in total. The molecule has 0 aliphatic rings. The third kappa shape index (κ3) is 6.52. The number of carboxylic acid groups (broad SMARTS) is 1. The highest BCUT2D eigenvalue weighted by atomic mass is 33.1. The summed E-state index contributed by atoms with van der Waals surface area (Å²) in [5.41, 5.74) is 5.27. The number of aliphatic carboxylic acids is 1. The fraction of sp³-hybridized carbons (Fsp3) is 0.833. The average molecular weight is 195 g/mol. The van der Waals surface area contributed by atoms with Gasteiger partial charge in [-0.05, 0) is 0 Å². The molecular formula is C6H13NO2S2. The third-order valence-electron chi connectivity index (χ3n) is 0.825. The molecule has 0 unspecified atom stereocenters. The Kier molecular flexibility index (Phi) is 5.81. The van der Waals surface area contributed by atoms with E-state index in [4.69, 9.17) is 10.8 Å². The molecule has 0 amide bonds. The second-order valence-corrected chi connectivity index (χ2v) is 5.36. The highest BCUT2D eigenvalue weighted by Crippen LogP contribution is 2.26.